The number of unbranched alkanes of at least 4 members (excludes halogenated alkanes) is 1. The van der Waals surface area contributed by atoms with Crippen LogP contribution in [0.2, 0.25) is 0 Å². The maximum absolute atomic E-state index is 5.65. The Morgan fingerprint density at radius 3 is 2.68 bits per heavy atom. The summed E-state index contributed by atoms with van der Waals surface area (Å²) in [6.07, 6.45) is 5.42. The monoisotopic (exact) mass is 311 g/mol. The number of aryl methyl sites for hydroxylation is 1. The summed E-state index contributed by atoms with van der Waals surface area (Å²) in [7, 11) is 2.01. The van der Waals surface area contributed by atoms with Crippen molar-refractivity contribution in [3.05, 3.63) is 60.4 Å². The molecule has 1 aromatic heterocycles. The van der Waals surface area contributed by atoms with Gasteiger partial charge in [-0.25, -0.2) is 0 Å². The summed E-state index contributed by atoms with van der Waals surface area (Å²) < 4.78 is 5.65. The molecule has 0 saturated heterocycles. The first-order valence-electron chi connectivity index (χ1n) is 7.75. The van der Waals surface area contributed by atoms with Crippen LogP contribution in [0.5, 0.6) is 0 Å². The van der Waals surface area contributed by atoms with Crippen molar-refractivity contribution < 1.29 is 4.42 Å². The Bertz CT molecular complexity index is 735. The normalized spacial score (nSPS) is 11.1. The lowest BCUT2D eigenvalue weighted by Gasteiger charge is -2.08. The molecule has 0 aliphatic heterocycles. The topological polar surface area (TPSA) is 25.2 Å². The number of furan rings is 1. The Hall–Kier alpha value is -1.71. The third kappa shape index (κ3) is 3.54. The van der Waals surface area contributed by atoms with Crippen LogP contribution in [0, 0.1) is 0 Å². The number of rotatable bonds is 7. The smallest absolute Gasteiger partial charge is 0.135 e. The highest BCUT2D eigenvalue weighted by atomic mass is 32.2. The summed E-state index contributed by atoms with van der Waals surface area (Å²) in [5.41, 5.74) is 2.38. The first kappa shape index (κ1) is 15.2. The molecule has 0 bridgehead atoms. The molecule has 0 fully saturated rings. The van der Waals surface area contributed by atoms with E-state index in [4.69, 9.17) is 4.42 Å². The molecule has 0 saturated carbocycles. The zero-order valence-corrected chi connectivity index (χ0v) is 13.7. The summed E-state index contributed by atoms with van der Waals surface area (Å²) >= 11 is 1.80. The molecule has 1 heterocycles. The fraction of sp³-hybridized carbons (Fsp3) is 0.263. The number of fused-ring (bicyclic) bond motifs is 1. The zero-order valence-electron chi connectivity index (χ0n) is 12.8. The molecule has 3 heteroatoms. The van der Waals surface area contributed by atoms with E-state index < -0.39 is 0 Å². The number of para-hydroxylation sites is 1. The fourth-order valence-electron chi connectivity index (χ4n) is 2.58. The predicted molar refractivity (Wildman–Crippen MR) is 93.6 cm³/mol. The average Bonchev–Trinajstić information content (AvgIpc) is 2.96. The molecule has 1 N–H and O–H groups in total. The summed E-state index contributed by atoms with van der Waals surface area (Å²) in [5, 5.41) is 4.40. The standard InChI is InChI=1S/C19H21NOS/c1-20-13-7-6-9-15-8-2-5-12-18(15)22-19-14-21-17-11-4-3-10-16(17)19/h2-5,8,10-12,14,20H,6-7,9,13H2,1H3. The Balaban J connectivity index is 1.77. The summed E-state index contributed by atoms with van der Waals surface area (Å²) in [6, 6.07) is 16.9. The van der Waals surface area contributed by atoms with Crippen LogP contribution in [-0.2, 0) is 6.42 Å². The van der Waals surface area contributed by atoms with Crippen LogP contribution in [0.25, 0.3) is 11.0 Å². The van der Waals surface area contributed by atoms with Gasteiger partial charge >= 0.3 is 0 Å². The van der Waals surface area contributed by atoms with Crippen LogP contribution in [0.3, 0.4) is 0 Å². The fourth-order valence-corrected chi connectivity index (χ4v) is 3.64. The van der Waals surface area contributed by atoms with Crippen LogP contribution in [0.15, 0.2) is 69.0 Å². The number of nitrogens with one attached hydrogen (secondary N) is 1. The van der Waals surface area contributed by atoms with Gasteiger partial charge in [0.05, 0.1) is 4.90 Å². The van der Waals surface area contributed by atoms with Gasteiger partial charge in [-0.1, -0.05) is 42.1 Å². The van der Waals surface area contributed by atoms with Crippen molar-refractivity contribution in [3.8, 4) is 0 Å². The lowest BCUT2D eigenvalue weighted by Crippen LogP contribution is -2.07. The van der Waals surface area contributed by atoms with Gasteiger partial charge in [-0.2, -0.15) is 0 Å². The average molecular weight is 311 g/mol. The number of benzene rings is 2. The number of hydrogen-bond acceptors (Lipinski definition) is 3. The molecule has 0 spiro atoms. The Morgan fingerprint density at radius 1 is 0.955 bits per heavy atom. The maximum atomic E-state index is 5.65. The van der Waals surface area contributed by atoms with Gasteiger partial charge in [0.2, 0.25) is 0 Å². The van der Waals surface area contributed by atoms with E-state index in [1.807, 2.05) is 25.4 Å². The van der Waals surface area contributed by atoms with Crippen LogP contribution in [-0.4, -0.2) is 13.6 Å². The van der Waals surface area contributed by atoms with E-state index >= 15 is 0 Å². The van der Waals surface area contributed by atoms with Crippen molar-refractivity contribution in [2.45, 2.75) is 29.1 Å². The molecule has 3 aromatic rings. The molecule has 0 aliphatic rings. The molecule has 3 rings (SSSR count). The second-order valence-electron chi connectivity index (χ2n) is 5.37. The summed E-state index contributed by atoms with van der Waals surface area (Å²) in [4.78, 5) is 2.52. The third-order valence-electron chi connectivity index (χ3n) is 3.76. The van der Waals surface area contributed by atoms with E-state index in [9.17, 15) is 0 Å². The van der Waals surface area contributed by atoms with Gasteiger partial charge in [-0.15, -0.1) is 0 Å². The lowest BCUT2D eigenvalue weighted by molar-refractivity contribution is 0.608. The van der Waals surface area contributed by atoms with Gasteiger partial charge in [0.25, 0.3) is 0 Å². The Morgan fingerprint density at radius 2 is 1.77 bits per heavy atom. The highest BCUT2D eigenvalue weighted by molar-refractivity contribution is 7.99. The van der Waals surface area contributed by atoms with Crippen molar-refractivity contribution in [3.63, 3.8) is 0 Å². The predicted octanol–water partition coefficient (Wildman–Crippen LogP) is 5.13. The van der Waals surface area contributed by atoms with Gasteiger partial charge < -0.3 is 9.73 Å². The molecular formula is C19H21NOS. The van der Waals surface area contributed by atoms with Gasteiger partial charge in [0.15, 0.2) is 0 Å². The minimum atomic E-state index is 0.955. The van der Waals surface area contributed by atoms with Gasteiger partial charge in [0, 0.05) is 10.3 Å². The van der Waals surface area contributed by atoms with Gasteiger partial charge in [0.1, 0.15) is 11.8 Å². The minimum absolute atomic E-state index is 0.955. The maximum Gasteiger partial charge on any atom is 0.135 e. The molecular weight excluding hydrogens is 290 g/mol. The van der Waals surface area contributed by atoms with E-state index in [1.54, 1.807) is 11.8 Å². The zero-order chi connectivity index (χ0) is 15.2. The molecule has 0 aliphatic carbocycles. The van der Waals surface area contributed by atoms with Crippen molar-refractivity contribution >= 4 is 22.7 Å². The van der Waals surface area contributed by atoms with Crippen LogP contribution in [0.4, 0.5) is 0 Å². The second kappa shape index (κ2) is 7.52. The molecule has 2 nitrogen and oxygen atoms in total. The summed E-state index contributed by atoms with van der Waals surface area (Å²) in [5.74, 6) is 0. The first-order chi connectivity index (χ1) is 10.9. The molecule has 2 aromatic carbocycles. The van der Waals surface area contributed by atoms with E-state index in [0.717, 1.165) is 18.5 Å². The van der Waals surface area contributed by atoms with Crippen LogP contribution >= 0.6 is 11.8 Å². The van der Waals surface area contributed by atoms with E-state index in [-0.39, 0.29) is 0 Å². The Kier molecular flexibility index (Phi) is 5.20. The van der Waals surface area contributed by atoms with E-state index in [0.29, 0.717) is 0 Å². The van der Waals surface area contributed by atoms with Gasteiger partial charge in [-0.05, 0) is 56.6 Å². The van der Waals surface area contributed by atoms with E-state index in [1.165, 1.54) is 33.6 Å². The van der Waals surface area contributed by atoms with Gasteiger partial charge in [-0.3, -0.25) is 0 Å². The van der Waals surface area contributed by atoms with Crippen LogP contribution < -0.4 is 5.32 Å². The van der Waals surface area contributed by atoms with Crippen molar-refractivity contribution in [1.82, 2.24) is 5.32 Å². The third-order valence-corrected chi connectivity index (χ3v) is 4.92. The van der Waals surface area contributed by atoms with Crippen molar-refractivity contribution in [2.75, 3.05) is 13.6 Å². The highest BCUT2D eigenvalue weighted by Gasteiger charge is 2.09. The molecule has 0 unspecified atom stereocenters. The Labute approximate surface area is 135 Å². The lowest BCUT2D eigenvalue weighted by atomic mass is 10.1. The molecule has 22 heavy (non-hydrogen) atoms. The van der Waals surface area contributed by atoms with E-state index in [2.05, 4.69) is 41.7 Å². The second-order valence-corrected chi connectivity index (χ2v) is 6.45. The molecule has 0 amide bonds. The largest absolute Gasteiger partial charge is 0.463 e. The molecule has 0 atom stereocenters. The SMILES string of the molecule is CNCCCCc1ccccc1Sc1coc2ccccc12. The van der Waals surface area contributed by atoms with Crippen molar-refractivity contribution in [2.24, 2.45) is 0 Å². The quantitative estimate of drug-likeness (QED) is 0.613. The molecule has 114 valence electrons. The van der Waals surface area contributed by atoms with Crippen molar-refractivity contribution in [1.29, 1.82) is 0 Å². The van der Waals surface area contributed by atoms with Crippen LogP contribution in [0.1, 0.15) is 18.4 Å². The number of hydrogen-bond donors (Lipinski definition) is 1. The minimum Gasteiger partial charge on any atom is -0.463 e. The summed E-state index contributed by atoms with van der Waals surface area (Å²) in [6.45, 7) is 1.08. The highest BCUT2D eigenvalue weighted by Crippen LogP contribution is 2.36. The first-order valence-corrected chi connectivity index (χ1v) is 8.57. The molecule has 0 radical (unpaired) electrons.